The van der Waals surface area contributed by atoms with Gasteiger partial charge in [-0.25, -0.2) is 0 Å². The molecule has 0 unspecified atom stereocenters. The first-order chi connectivity index (χ1) is 13.1. The van der Waals surface area contributed by atoms with Crippen LogP contribution >= 0.6 is 15.9 Å². The summed E-state index contributed by atoms with van der Waals surface area (Å²) in [5, 5.41) is 9.41. The second-order valence-corrected chi connectivity index (χ2v) is 6.37. The first-order valence-electron chi connectivity index (χ1n) is 8.27. The van der Waals surface area contributed by atoms with E-state index in [1.165, 1.54) is 7.11 Å². The maximum absolute atomic E-state index is 12.6. The minimum Gasteiger partial charge on any atom is -0.493 e. The summed E-state index contributed by atoms with van der Waals surface area (Å²) in [5.41, 5.74) is 1.01. The third kappa shape index (κ3) is 4.43. The van der Waals surface area contributed by atoms with Gasteiger partial charge in [-0.1, -0.05) is 13.0 Å². The van der Waals surface area contributed by atoms with Gasteiger partial charge in [0.1, 0.15) is 5.69 Å². The summed E-state index contributed by atoms with van der Waals surface area (Å²) in [6, 6.07) is 8.71. The first-order valence-corrected chi connectivity index (χ1v) is 9.07. The van der Waals surface area contributed by atoms with Gasteiger partial charge in [0.15, 0.2) is 17.3 Å². The fourth-order valence-electron chi connectivity index (χ4n) is 2.30. The lowest BCUT2D eigenvalue weighted by atomic mass is 10.2. The van der Waals surface area contributed by atoms with Crippen LogP contribution < -0.4 is 14.8 Å². The highest BCUT2D eigenvalue weighted by Gasteiger charge is 2.17. The van der Waals surface area contributed by atoms with E-state index in [1.54, 1.807) is 24.4 Å². The predicted octanol–water partition coefficient (Wildman–Crippen LogP) is 3.68. The van der Waals surface area contributed by atoms with E-state index in [-0.39, 0.29) is 11.9 Å². The summed E-state index contributed by atoms with van der Waals surface area (Å²) in [5.74, 6) is 1.27. The number of ether oxygens (including phenoxy) is 2. The largest absolute Gasteiger partial charge is 0.493 e. The molecule has 8 nitrogen and oxygen atoms in total. The predicted molar refractivity (Wildman–Crippen MR) is 104 cm³/mol. The van der Waals surface area contributed by atoms with Crippen LogP contribution in [0.5, 0.6) is 11.5 Å². The molecule has 27 heavy (non-hydrogen) atoms. The summed E-state index contributed by atoms with van der Waals surface area (Å²) in [4.78, 5) is 21.0. The number of rotatable bonds is 7. The Morgan fingerprint density at radius 3 is 2.89 bits per heavy atom. The number of aromatic nitrogens is 4. The third-order valence-electron chi connectivity index (χ3n) is 3.56. The van der Waals surface area contributed by atoms with E-state index in [9.17, 15) is 4.79 Å². The molecule has 1 amide bonds. The van der Waals surface area contributed by atoms with Gasteiger partial charge in [-0.05, 0) is 46.6 Å². The molecule has 1 aromatic carbocycles. The van der Waals surface area contributed by atoms with Crippen molar-refractivity contribution < 1.29 is 14.3 Å². The second-order valence-electron chi connectivity index (χ2n) is 5.51. The molecule has 3 rings (SSSR count). The van der Waals surface area contributed by atoms with Crippen molar-refractivity contribution in [3.63, 3.8) is 0 Å². The molecular weight excluding hydrogens is 414 g/mol. The average molecular weight is 432 g/mol. The summed E-state index contributed by atoms with van der Waals surface area (Å²) in [7, 11) is 1.52. The molecule has 3 aromatic rings. The van der Waals surface area contributed by atoms with Gasteiger partial charge in [-0.15, -0.1) is 5.10 Å². The number of amides is 1. The molecule has 0 fully saturated rings. The van der Waals surface area contributed by atoms with E-state index in [1.807, 2.05) is 19.1 Å². The van der Waals surface area contributed by atoms with Gasteiger partial charge in [-0.2, -0.15) is 4.98 Å². The summed E-state index contributed by atoms with van der Waals surface area (Å²) in [6.07, 6.45) is 2.52. The quantitative estimate of drug-likeness (QED) is 0.591. The zero-order valence-corrected chi connectivity index (χ0v) is 16.4. The maximum Gasteiger partial charge on any atom is 0.258 e. The van der Waals surface area contributed by atoms with Crippen molar-refractivity contribution >= 4 is 27.8 Å². The highest BCUT2D eigenvalue weighted by Crippen LogP contribution is 2.37. The summed E-state index contributed by atoms with van der Waals surface area (Å²) >= 11 is 3.43. The van der Waals surface area contributed by atoms with E-state index in [0.717, 1.165) is 6.42 Å². The lowest BCUT2D eigenvalue weighted by Gasteiger charge is -2.13. The molecule has 2 aromatic heterocycles. The number of aromatic amines is 1. The number of carbonyl (C=O) groups is 1. The Kier molecular flexibility index (Phi) is 6.02. The lowest BCUT2D eigenvalue weighted by molar-refractivity contribution is 0.102. The van der Waals surface area contributed by atoms with Gasteiger partial charge >= 0.3 is 0 Å². The van der Waals surface area contributed by atoms with Crippen LogP contribution in [-0.4, -0.2) is 39.8 Å². The fourth-order valence-corrected chi connectivity index (χ4v) is 2.86. The van der Waals surface area contributed by atoms with Crippen LogP contribution in [0.2, 0.25) is 0 Å². The summed E-state index contributed by atoms with van der Waals surface area (Å²) in [6.45, 7) is 2.56. The maximum atomic E-state index is 12.6. The molecule has 0 bridgehead atoms. The Balaban J connectivity index is 1.78. The monoisotopic (exact) mass is 431 g/mol. The standard InChI is InChI=1S/C18H18BrN5O3/c1-3-8-27-15-12(19)9-11(10-14(15)26-2)17(25)22-18-21-16(23-24-18)13-6-4-5-7-20-13/h4-7,9-10H,3,8H2,1-2H3,(H2,21,22,23,24,25). The SMILES string of the molecule is CCCOc1c(Br)cc(C(=O)Nc2n[nH]c(-c3ccccn3)n2)cc1OC. The van der Waals surface area contributed by atoms with Crippen molar-refractivity contribution in [2.24, 2.45) is 0 Å². The molecule has 9 heteroatoms. The normalized spacial score (nSPS) is 10.5. The molecule has 0 radical (unpaired) electrons. The number of nitrogens with one attached hydrogen (secondary N) is 2. The first kappa shape index (κ1) is 18.8. The summed E-state index contributed by atoms with van der Waals surface area (Å²) < 4.78 is 11.6. The van der Waals surface area contributed by atoms with Crippen LogP contribution in [0.1, 0.15) is 23.7 Å². The van der Waals surface area contributed by atoms with Crippen LogP contribution in [0.4, 0.5) is 5.95 Å². The number of halogens is 1. The van der Waals surface area contributed by atoms with Gasteiger partial charge in [0.25, 0.3) is 5.91 Å². The number of hydrogen-bond donors (Lipinski definition) is 2. The highest BCUT2D eigenvalue weighted by molar-refractivity contribution is 9.10. The number of anilines is 1. The third-order valence-corrected chi connectivity index (χ3v) is 4.15. The van der Waals surface area contributed by atoms with Crippen LogP contribution in [0, 0.1) is 0 Å². The average Bonchev–Trinajstić information content (AvgIpc) is 3.15. The van der Waals surface area contributed by atoms with Crippen molar-refractivity contribution in [3.05, 3.63) is 46.6 Å². The van der Waals surface area contributed by atoms with Gasteiger partial charge in [0.05, 0.1) is 18.2 Å². The number of benzene rings is 1. The van der Waals surface area contributed by atoms with Crippen molar-refractivity contribution in [3.8, 4) is 23.0 Å². The molecule has 0 saturated heterocycles. The molecule has 2 N–H and O–H groups in total. The van der Waals surface area contributed by atoms with E-state index in [0.29, 0.717) is 39.7 Å². The zero-order chi connectivity index (χ0) is 19.2. The van der Waals surface area contributed by atoms with Crippen molar-refractivity contribution in [2.45, 2.75) is 13.3 Å². The number of pyridine rings is 1. The molecule has 2 heterocycles. The molecule has 0 aliphatic rings. The van der Waals surface area contributed by atoms with Gasteiger partial charge in [-0.3, -0.25) is 20.2 Å². The molecule has 0 aliphatic carbocycles. The van der Waals surface area contributed by atoms with Crippen molar-refractivity contribution in [1.82, 2.24) is 20.2 Å². The number of carbonyl (C=O) groups excluding carboxylic acids is 1. The Labute approximate surface area is 164 Å². The smallest absolute Gasteiger partial charge is 0.258 e. The van der Waals surface area contributed by atoms with E-state index < -0.39 is 0 Å². The number of hydrogen-bond acceptors (Lipinski definition) is 6. The molecule has 140 valence electrons. The Hall–Kier alpha value is -2.94. The minimum absolute atomic E-state index is 0.155. The van der Waals surface area contributed by atoms with Crippen LogP contribution in [-0.2, 0) is 0 Å². The second kappa shape index (κ2) is 8.63. The Morgan fingerprint density at radius 2 is 2.19 bits per heavy atom. The molecule has 0 saturated carbocycles. The fraction of sp³-hybridized carbons (Fsp3) is 0.222. The molecular formula is C18H18BrN5O3. The minimum atomic E-state index is -0.373. The number of methoxy groups -OCH3 is 1. The van der Waals surface area contributed by atoms with E-state index >= 15 is 0 Å². The Morgan fingerprint density at radius 1 is 1.33 bits per heavy atom. The Bertz CT molecular complexity index is 930. The van der Waals surface area contributed by atoms with Gasteiger partial charge < -0.3 is 9.47 Å². The number of H-pyrrole nitrogens is 1. The van der Waals surface area contributed by atoms with Crippen LogP contribution in [0.3, 0.4) is 0 Å². The highest BCUT2D eigenvalue weighted by atomic mass is 79.9. The van der Waals surface area contributed by atoms with E-state index in [2.05, 4.69) is 41.4 Å². The van der Waals surface area contributed by atoms with Crippen LogP contribution in [0.15, 0.2) is 41.0 Å². The molecule has 0 aliphatic heterocycles. The van der Waals surface area contributed by atoms with Crippen molar-refractivity contribution in [2.75, 3.05) is 19.0 Å². The van der Waals surface area contributed by atoms with Crippen LogP contribution in [0.25, 0.3) is 11.5 Å². The zero-order valence-electron chi connectivity index (χ0n) is 14.8. The van der Waals surface area contributed by atoms with Gasteiger partial charge in [0.2, 0.25) is 5.95 Å². The lowest BCUT2D eigenvalue weighted by Crippen LogP contribution is -2.13. The number of nitrogens with zero attached hydrogens (tertiary/aromatic N) is 3. The van der Waals surface area contributed by atoms with E-state index in [4.69, 9.17) is 9.47 Å². The molecule has 0 spiro atoms. The molecule has 0 atom stereocenters. The topological polar surface area (TPSA) is 102 Å². The van der Waals surface area contributed by atoms with Gasteiger partial charge in [0, 0.05) is 11.8 Å². The van der Waals surface area contributed by atoms with Crippen molar-refractivity contribution in [1.29, 1.82) is 0 Å².